The van der Waals surface area contributed by atoms with Crippen LogP contribution in [-0.4, -0.2) is 4.98 Å². The van der Waals surface area contributed by atoms with Gasteiger partial charge in [0.2, 0.25) is 0 Å². The topological polar surface area (TPSA) is 72.0 Å². The average Bonchev–Trinajstić information content (AvgIpc) is 2.78. The van der Waals surface area contributed by atoms with Gasteiger partial charge in [0.05, 0.1) is 11.6 Å². The first kappa shape index (κ1) is 10.8. The van der Waals surface area contributed by atoms with Crippen molar-refractivity contribution >= 4 is 11.1 Å². The lowest BCUT2D eigenvalue weighted by atomic mass is 9.99. The Balaban J connectivity index is 2.06. The molecule has 18 heavy (non-hydrogen) atoms. The van der Waals surface area contributed by atoms with Crippen molar-refractivity contribution in [2.75, 3.05) is 0 Å². The van der Waals surface area contributed by atoms with Gasteiger partial charge in [-0.3, -0.25) is 4.98 Å². The highest BCUT2D eigenvalue weighted by Gasteiger charge is 2.10. The highest BCUT2D eigenvalue weighted by atomic mass is 16.4. The summed E-state index contributed by atoms with van der Waals surface area (Å²) < 4.78 is 5.03. The molecule has 0 bridgehead atoms. The standard InChI is InChI=1S/C14H12N2O2/c15-13(9-4-2-1-3-5-9)10-6-7-11-12(8-10)18-14(17)16-11/h1-8,13H,15H2,(H,16,17). The van der Waals surface area contributed by atoms with Gasteiger partial charge in [0.15, 0.2) is 5.58 Å². The Hall–Kier alpha value is -2.33. The number of nitrogens with two attached hydrogens (primary N) is 1. The monoisotopic (exact) mass is 240 g/mol. The maximum atomic E-state index is 11.1. The minimum atomic E-state index is -0.449. The van der Waals surface area contributed by atoms with Gasteiger partial charge in [-0.05, 0) is 23.3 Å². The van der Waals surface area contributed by atoms with Crippen molar-refractivity contribution in [3.8, 4) is 0 Å². The van der Waals surface area contributed by atoms with Crippen molar-refractivity contribution in [1.82, 2.24) is 4.98 Å². The smallest absolute Gasteiger partial charge is 0.408 e. The van der Waals surface area contributed by atoms with Gasteiger partial charge in [0, 0.05) is 0 Å². The van der Waals surface area contributed by atoms with Crippen LogP contribution in [0.2, 0.25) is 0 Å². The summed E-state index contributed by atoms with van der Waals surface area (Å²) in [4.78, 5) is 13.7. The van der Waals surface area contributed by atoms with Gasteiger partial charge in [0.25, 0.3) is 0 Å². The lowest BCUT2D eigenvalue weighted by molar-refractivity contribution is 0.555. The first-order valence-electron chi connectivity index (χ1n) is 5.67. The van der Waals surface area contributed by atoms with Crippen LogP contribution in [0.1, 0.15) is 17.2 Å². The Morgan fingerprint density at radius 2 is 1.83 bits per heavy atom. The molecule has 3 aromatic rings. The van der Waals surface area contributed by atoms with E-state index in [1.165, 1.54) is 0 Å². The van der Waals surface area contributed by atoms with Gasteiger partial charge in [-0.1, -0.05) is 36.4 Å². The molecule has 0 saturated carbocycles. The van der Waals surface area contributed by atoms with Crippen LogP contribution in [-0.2, 0) is 0 Å². The zero-order valence-corrected chi connectivity index (χ0v) is 9.59. The molecule has 0 radical (unpaired) electrons. The molecule has 2 aromatic carbocycles. The van der Waals surface area contributed by atoms with Crippen molar-refractivity contribution in [1.29, 1.82) is 0 Å². The first-order valence-corrected chi connectivity index (χ1v) is 5.67. The first-order chi connectivity index (χ1) is 8.74. The largest absolute Gasteiger partial charge is 0.417 e. The molecule has 1 atom stereocenters. The van der Waals surface area contributed by atoms with Crippen LogP contribution in [0.4, 0.5) is 0 Å². The second-order valence-corrected chi connectivity index (χ2v) is 4.16. The Bertz CT molecular complexity index is 728. The fourth-order valence-corrected chi connectivity index (χ4v) is 2.01. The number of oxazole rings is 1. The molecule has 1 heterocycles. The lowest BCUT2D eigenvalue weighted by Crippen LogP contribution is -2.11. The summed E-state index contributed by atoms with van der Waals surface area (Å²) >= 11 is 0. The van der Waals surface area contributed by atoms with Crippen LogP contribution in [0.3, 0.4) is 0 Å². The number of hydrogen-bond acceptors (Lipinski definition) is 3. The number of hydrogen-bond donors (Lipinski definition) is 2. The fourth-order valence-electron chi connectivity index (χ4n) is 2.01. The summed E-state index contributed by atoms with van der Waals surface area (Å²) in [6.45, 7) is 0. The van der Waals surface area contributed by atoms with Gasteiger partial charge in [0.1, 0.15) is 0 Å². The van der Waals surface area contributed by atoms with Crippen molar-refractivity contribution in [2.45, 2.75) is 6.04 Å². The maximum Gasteiger partial charge on any atom is 0.417 e. The molecule has 0 aliphatic carbocycles. The second kappa shape index (κ2) is 4.16. The van der Waals surface area contributed by atoms with Gasteiger partial charge in [-0.15, -0.1) is 0 Å². The maximum absolute atomic E-state index is 11.1. The summed E-state index contributed by atoms with van der Waals surface area (Å²) in [6.07, 6.45) is 0. The molecule has 0 aliphatic heterocycles. The number of benzene rings is 2. The van der Waals surface area contributed by atoms with Crippen molar-refractivity contribution in [2.24, 2.45) is 5.73 Å². The van der Waals surface area contributed by atoms with E-state index in [-0.39, 0.29) is 6.04 Å². The Morgan fingerprint density at radius 3 is 2.61 bits per heavy atom. The predicted molar refractivity (Wildman–Crippen MR) is 69.3 cm³/mol. The molecule has 4 nitrogen and oxygen atoms in total. The third kappa shape index (κ3) is 1.83. The third-order valence-electron chi connectivity index (χ3n) is 2.96. The highest BCUT2D eigenvalue weighted by molar-refractivity contribution is 5.73. The summed E-state index contributed by atoms with van der Waals surface area (Å²) in [5.74, 6) is -0.449. The lowest BCUT2D eigenvalue weighted by Gasteiger charge is -2.11. The van der Waals surface area contributed by atoms with Crippen LogP contribution >= 0.6 is 0 Å². The van der Waals surface area contributed by atoms with Gasteiger partial charge in [-0.25, -0.2) is 4.79 Å². The number of nitrogens with one attached hydrogen (secondary N) is 1. The van der Waals surface area contributed by atoms with E-state index in [0.717, 1.165) is 11.1 Å². The third-order valence-corrected chi connectivity index (χ3v) is 2.96. The fraction of sp³-hybridized carbons (Fsp3) is 0.0714. The number of aromatic nitrogens is 1. The van der Waals surface area contributed by atoms with E-state index in [1.54, 1.807) is 12.1 Å². The van der Waals surface area contributed by atoms with Crippen molar-refractivity contribution < 1.29 is 4.42 Å². The molecule has 3 N–H and O–H groups in total. The minimum Gasteiger partial charge on any atom is -0.408 e. The quantitative estimate of drug-likeness (QED) is 0.721. The summed E-state index contributed by atoms with van der Waals surface area (Å²) in [5, 5.41) is 0. The molecule has 0 saturated heterocycles. The second-order valence-electron chi connectivity index (χ2n) is 4.16. The van der Waals surface area contributed by atoms with Gasteiger partial charge < -0.3 is 10.2 Å². The van der Waals surface area contributed by atoms with E-state index in [9.17, 15) is 4.79 Å². The van der Waals surface area contributed by atoms with Crippen molar-refractivity contribution in [3.05, 3.63) is 70.2 Å². The Morgan fingerprint density at radius 1 is 1.06 bits per heavy atom. The molecule has 0 spiro atoms. The highest BCUT2D eigenvalue weighted by Crippen LogP contribution is 2.22. The zero-order valence-electron chi connectivity index (χ0n) is 9.59. The molecule has 4 heteroatoms. The molecular weight excluding hydrogens is 228 g/mol. The predicted octanol–water partition coefficient (Wildman–Crippen LogP) is 2.17. The number of H-pyrrole nitrogens is 1. The molecule has 90 valence electrons. The van der Waals surface area contributed by atoms with Crippen LogP contribution in [0.25, 0.3) is 11.1 Å². The van der Waals surface area contributed by atoms with E-state index in [0.29, 0.717) is 11.1 Å². The van der Waals surface area contributed by atoms with Crippen LogP contribution in [0, 0.1) is 0 Å². The summed E-state index contributed by atoms with van der Waals surface area (Å²) in [5.41, 5.74) is 9.34. The molecule has 3 rings (SSSR count). The van der Waals surface area contributed by atoms with E-state index >= 15 is 0 Å². The molecule has 0 fully saturated rings. The van der Waals surface area contributed by atoms with E-state index in [1.807, 2.05) is 36.4 Å². The van der Waals surface area contributed by atoms with Gasteiger partial charge in [-0.2, -0.15) is 0 Å². The summed E-state index contributed by atoms with van der Waals surface area (Å²) in [6, 6.07) is 15.1. The van der Waals surface area contributed by atoms with Crippen LogP contribution < -0.4 is 11.5 Å². The molecule has 0 amide bonds. The normalized spacial score (nSPS) is 12.7. The average molecular weight is 240 g/mol. The Labute approximate surface area is 103 Å². The number of rotatable bonds is 2. The van der Waals surface area contributed by atoms with Crippen LogP contribution in [0.15, 0.2) is 57.7 Å². The Kier molecular flexibility index (Phi) is 2.50. The molecule has 1 unspecified atom stereocenters. The van der Waals surface area contributed by atoms with Crippen LogP contribution in [0.5, 0.6) is 0 Å². The number of fused-ring (bicyclic) bond motifs is 1. The van der Waals surface area contributed by atoms with E-state index in [2.05, 4.69) is 4.98 Å². The zero-order chi connectivity index (χ0) is 12.5. The molecular formula is C14H12N2O2. The molecule has 1 aromatic heterocycles. The van der Waals surface area contributed by atoms with Crippen molar-refractivity contribution in [3.63, 3.8) is 0 Å². The van der Waals surface area contributed by atoms with E-state index in [4.69, 9.17) is 10.2 Å². The number of aromatic amines is 1. The van der Waals surface area contributed by atoms with Gasteiger partial charge >= 0.3 is 5.76 Å². The van der Waals surface area contributed by atoms with E-state index < -0.39 is 5.76 Å². The minimum absolute atomic E-state index is 0.226. The summed E-state index contributed by atoms with van der Waals surface area (Å²) in [7, 11) is 0. The SMILES string of the molecule is NC(c1ccccc1)c1ccc2[nH]c(=O)oc2c1. The molecule has 0 aliphatic rings.